The summed E-state index contributed by atoms with van der Waals surface area (Å²) in [5, 5.41) is 2.72. The lowest BCUT2D eigenvalue weighted by atomic mass is 9.89. The second-order valence-corrected chi connectivity index (χ2v) is 7.22. The van der Waals surface area contributed by atoms with Crippen molar-refractivity contribution >= 4 is 27.7 Å². The van der Waals surface area contributed by atoms with Gasteiger partial charge in [-0.3, -0.25) is 9.59 Å². The third kappa shape index (κ3) is 2.95. The molecule has 2 rings (SSSR count). The molecular weight excluding hydrogens is 339 g/mol. The number of rotatable bonds is 2. The highest BCUT2D eigenvalue weighted by molar-refractivity contribution is 9.10. The van der Waals surface area contributed by atoms with E-state index in [9.17, 15) is 14.0 Å². The Labute approximate surface area is 131 Å². The van der Waals surface area contributed by atoms with Gasteiger partial charge in [-0.05, 0) is 51.5 Å². The highest BCUT2D eigenvalue weighted by Gasteiger charge is 2.49. The molecule has 0 aromatic heterocycles. The molecule has 1 saturated heterocycles. The van der Waals surface area contributed by atoms with Gasteiger partial charge in [0.25, 0.3) is 0 Å². The maximum atomic E-state index is 13.5. The van der Waals surface area contributed by atoms with E-state index < -0.39 is 11.1 Å². The zero-order chi connectivity index (χ0) is 16.0. The van der Waals surface area contributed by atoms with E-state index in [-0.39, 0.29) is 24.2 Å². The van der Waals surface area contributed by atoms with Crippen LogP contribution in [0.2, 0.25) is 0 Å². The number of halogens is 2. The van der Waals surface area contributed by atoms with Crippen molar-refractivity contribution in [1.82, 2.24) is 10.2 Å². The minimum Gasteiger partial charge on any atom is -0.340 e. The van der Waals surface area contributed by atoms with E-state index in [1.165, 1.54) is 17.0 Å². The van der Waals surface area contributed by atoms with Crippen molar-refractivity contribution in [1.29, 1.82) is 0 Å². The third-order valence-corrected chi connectivity index (χ3v) is 4.16. The van der Waals surface area contributed by atoms with Crippen LogP contribution >= 0.6 is 15.9 Å². The van der Waals surface area contributed by atoms with Crippen LogP contribution in [0.25, 0.3) is 0 Å². The van der Waals surface area contributed by atoms with Gasteiger partial charge in [0.2, 0.25) is 11.8 Å². The molecule has 21 heavy (non-hydrogen) atoms. The molecule has 2 amide bonds. The smallest absolute Gasteiger partial charge is 0.248 e. The van der Waals surface area contributed by atoms with E-state index in [0.29, 0.717) is 10.0 Å². The molecule has 1 aromatic rings. The topological polar surface area (TPSA) is 49.4 Å². The fourth-order valence-corrected chi connectivity index (χ4v) is 2.87. The molecule has 1 fully saturated rings. The highest BCUT2D eigenvalue weighted by atomic mass is 79.9. The van der Waals surface area contributed by atoms with E-state index in [0.717, 1.165) is 0 Å². The van der Waals surface area contributed by atoms with Gasteiger partial charge in [0.15, 0.2) is 0 Å². The Balaban J connectivity index is 2.39. The quantitative estimate of drug-likeness (QED) is 0.885. The Morgan fingerprint density at radius 1 is 1.19 bits per heavy atom. The van der Waals surface area contributed by atoms with Gasteiger partial charge < -0.3 is 10.2 Å². The molecule has 1 aliphatic rings. The molecule has 0 aliphatic carbocycles. The highest BCUT2D eigenvalue weighted by Crippen LogP contribution is 2.28. The molecule has 1 heterocycles. The number of carbonyl (C=O) groups excluding carboxylic acids is 2. The molecule has 0 spiro atoms. The summed E-state index contributed by atoms with van der Waals surface area (Å²) < 4.78 is 14.1. The Bertz CT molecular complexity index is 593. The first-order valence-electron chi connectivity index (χ1n) is 6.64. The number of benzene rings is 1. The zero-order valence-electron chi connectivity index (χ0n) is 12.5. The maximum Gasteiger partial charge on any atom is 0.248 e. The molecule has 0 unspecified atom stereocenters. The van der Waals surface area contributed by atoms with Crippen molar-refractivity contribution in [2.24, 2.45) is 0 Å². The van der Waals surface area contributed by atoms with Gasteiger partial charge in [0, 0.05) is 11.0 Å². The monoisotopic (exact) mass is 356 g/mol. The van der Waals surface area contributed by atoms with Gasteiger partial charge in [0.05, 0.1) is 0 Å². The predicted octanol–water partition coefficient (Wildman–Crippen LogP) is 2.60. The van der Waals surface area contributed by atoms with Gasteiger partial charge in [-0.2, -0.15) is 0 Å². The fraction of sp³-hybridized carbons (Fsp3) is 0.467. The van der Waals surface area contributed by atoms with E-state index in [1.807, 2.05) is 0 Å². The first kappa shape index (κ1) is 15.9. The van der Waals surface area contributed by atoms with E-state index in [1.54, 1.807) is 33.8 Å². The van der Waals surface area contributed by atoms with Gasteiger partial charge in [-0.15, -0.1) is 0 Å². The van der Waals surface area contributed by atoms with Gasteiger partial charge in [-0.1, -0.05) is 15.9 Å². The van der Waals surface area contributed by atoms with Gasteiger partial charge in [0.1, 0.15) is 16.9 Å². The van der Waals surface area contributed by atoms with Crippen molar-refractivity contribution in [3.8, 4) is 0 Å². The Morgan fingerprint density at radius 3 is 2.38 bits per heavy atom. The summed E-state index contributed by atoms with van der Waals surface area (Å²) >= 11 is 3.23. The number of hydrogen-bond acceptors (Lipinski definition) is 2. The number of piperazine rings is 1. The molecule has 1 aromatic carbocycles. The van der Waals surface area contributed by atoms with Crippen LogP contribution in [0.4, 0.5) is 4.39 Å². The van der Waals surface area contributed by atoms with Crippen LogP contribution in [0.1, 0.15) is 33.3 Å². The Kier molecular flexibility index (Phi) is 3.86. The van der Waals surface area contributed by atoms with Crippen LogP contribution in [-0.4, -0.2) is 27.8 Å². The molecule has 1 N–H and O–H groups in total. The summed E-state index contributed by atoms with van der Waals surface area (Å²) in [5.41, 5.74) is -1.31. The van der Waals surface area contributed by atoms with Crippen LogP contribution in [0.5, 0.6) is 0 Å². The van der Waals surface area contributed by atoms with Crippen molar-refractivity contribution < 1.29 is 14.0 Å². The van der Waals surface area contributed by atoms with Crippen LogP contribution < -0.4 is 5.32 Å². The third-order valence-electron chi connectivity index (χ3n) is 3.70. The van der Waals surface area contributed by atoms with Crippen molar-refractivity contribution in [3.05, 3.63) is 34.1 Å². The van der Waals surface area contributed by atoms with E-state index in [4.69, 9.17) is 0 Å². The number of nitrogens with one attached hydrogen (secondary N) is 1. The lowest BCUT2D eigenvalue weighted by molar-refractivity contribution is -0.160. The lowest BCUT2D eigenvalue weighted by Crippen LogP contribution is -2.71. The van der Waals surface area contributed by atoms with Crippen LogP contribution in [0, 0.1) is 5.82 Å². The number of nitrogens with zero attached hydrogens (tertiary/aromatic N) is 1. The molecule has 0 bridgehead atoms. The number of hydrogen-bond donors (Lipinski definition) is 1. The maximum absolute atomic E-state index is 13.5. The minimum absolute atomic E-state index is 0.180. The summed E-state index contributed by atoms with van der Waals surface area (Å²) in [6.45, 7) is 6.88. The summed E-state index contributed by atoms with van der Waals surface area (Å²) in [5.74, 6) is -0.791. The van der Waals surface area contributed by atoms with Gasteiger partial charge in [-0.25, -0.2) is 4.39 Å². The number of carbonyl (C=O) groups is 2. The molecule has 0 radical (unpaired) electrons. The SMILES string of the molecule is CC1(C)NC(=O)C(C)(C)N(Cc2cc(F)cc(Br)c2)C1=O. The first-order valence-corrected chi connectivity index (χ1v) is 7.43. The fourth-order valence-electron chi connectivity index (χ4n) is 2.36. The Morgan fingerprint density at radius 2 is 1.81 bits per heavy atom. The van der Waals surface area contributed by atoms with Crippen LogP contribution in [-0.2, 0) is 16.1 Å². The predicted molar refractivity (Wildman–Crippen MR) is 81.0 cm³/mol. The standard InChI is InChI=1S/C15H18BrFN2O2/c1-14(2)13(21)19(15(3,4)12(20)18-14)8-9-5-10(16)7-11(17)6-9/h5-7H,8H2,1-4H3,(H,18,20). The first-order chi connectivity index (χ1) is 9.54. The Hall–Kier alpha value is -1.43. The average Bonchev–Trinajstić information content (AvgIpc) is 2.31. The second kappa shape index (κ2) is 5.09. The molecule has 114 valence electrons. The minimum atomic E-state index is -0.981. The van der Waals surface area contributed by atoms with Gasteiger partial charge >= 0.3 is 0 Å². The molecule has 4 nitrogen and oxygen atoms in total. The molecule has 0 atom stereocenters. The molecule has 1 aliphatic heterocycles. The average molecular weight is 357 g/mol. The van der Waals surface area contributed by atoms with E-state index >= 15 is 0 Å². The van der Waals surface area contributed by atoms with Crippen molar-refractivity contribution in [2.75, 3.05) is 0 Å². The van der Waals surface area contributed by atoms with E-state index in [2.05, 4.69) is 21.2 Å². The summed E-state index contributed by atoms with van der Waals surface area (Å²) in [7, 11) is 0. The lowest BCUT2D eigenvalue weighted by Gasteiger charge is -2.47. The summed E-state index contributed by atoms with van der Waals surface area (Å²) in [6.07, 6.45) is 0. The summed E-state index contributed by atoms with van der Waals surface area (Å²) in [6, 6.07) is 4.46. The second-order valence-electron chi connectivity index (χ2n) is 6.31. The van der Waals surface area contributed by atoms with Crippen LogP contribution in [0.15, 0.2) is 22.7 Å². The van der Waals surface area contributed by atoms with Crippen molar-refractivity contribution in [2.45, 2.75) is 45.3 Å². The zero-order valence-corrected chi connectivity index (χ0v) is 14.0. The van der Waals surface area contributed by atoms with Crippen LogP contribution in [0.3, 0.4) is 0 Å². The largest absolute Gasteiger partial charge is 0.340 e. The number of amides is 2. The van der Waals surface area contributed by atoms with Crippen molar-refractivity contribution in [3.63, 3.8) is 0 Å². The molecule has 0 saturated carbocycles. The normalized spacial score (nSPS) is 20.4. The molecule has 6 heteroatoms. The summed E-state index contributed by atoms with van der Waals surface area (Å²) in [4.78, 5) is 26.3. The molecular formula is C15H18BrFN2O2.